The largest absolute Gasteiger partial charge is 0.544 e. The Morgan fingerprint density at radius 2 is 1.94 bits per heavy atom. The van der Waals surface area contributed by atoms with Crippen molar-refractivity contribution in [1.82, 2.24) is 0 Å². The number of rotatable bonds is 6. The van der Waals surface area contributed by atoms with Gasteiger partial charge in [0.25, 0.3) is 0 Å². The topological polar surface area (TPSA) is 46.5 Å². The Kier molecular flexibility index (Phi) is 4.75. The Morgan fingerprint density at radius 3 is 2.53 bits per heavy atom. The molecule has 1 aromatic rings. The summed E-state index contributed by atoms with van der Waals surface area (Å²) in [6.07, 6.45) is 1.62. The van der Waals surface area contributed by atoms with Gasteiger partial charge in [0.1, 0.15) is 5.75 Å². The van der Waals surface area contributed by atoms with Crippen molar-refractivity contribution in [2.45, 2.75) is 38.9 Å². The molecule has 0 spiro atoms. The van der Waals surface area contributed by atoms with Crippen LogP contribution in [0.3, 0.4) is 0 Å². The number of carboxylic acids is 1. The van der Waals surface area contributed by atoms with Crippen molar-refractivity contribution in [3.05, 3.63) is 29.8 Å². The fourth-order valence-corrected chi connectivity index (χ4v) is 2.43. The van der Waals surface area contributed by atoms with E-state index in [0.717, 1.165) is 17.7 Å². The summed E-state index contributed by atoms with van der Waals surface area (Å²) in [5, 5.41) is 8.62. The maximum Gasteiger partial charge on any atom is 0.303 e. The van der Waals surface area contributed by atoms with E-state index in [0.29, 0.717) is 6.42 Å². The van der Waals surface area contributed by atoms with Crippen molar-refractivity contribution in [1.29, 1.82) is 0 Å². The summed E-state index contributed by atoms with van der Waals surface area (Å²) in [5.74, 6) is 0.172. The van der Waals surface area contributed by atoms with E-state index in [-0.39, 0.29) is 6.42 Å². The minimum absolute atomic E-state index is 0.210. The molecular weight excluding hydrogens is 232 g/mol. The summed E-state index contributed by atoms with van der Waals surface area (Å²) < 4.78 is 5.98. The van der Waals surface area contributed by atoms with Crippen LogP contribution in [0.5, 0.6) is 5.75 Å². The highest BCUT2D eigenvalue weighted by atomic mass is 28.4. The van der Waals surface area contributed by atoms with Crippen molar-refractivity contribution in [2.75, 3.05) is 0 Å². The van der Waals surface area contributed by atoms with E-state index < -0.39 is 14.3 Å². The molecule has 0 amide bonds. The van der Waals surface area contributed by atoms with E-state index in [1.165, 1.54) is 0 Å². The Labute approximate surface area is 104 Å². The molecule has 0 aliphatic heterocycles. The predicted molar refractivity (Wildman–Crippen MR) is 71.0 cm³/mol. The molecule has 94 valence electrons. The Bertz CT molecular complexity index is 382. The van der Waals surface area contributed by atoms with Crippen LogP contribution in [0, 0.1) is 0 Å². The first kappa shape index (κ1) is 13.8. The van der Waals surface area contributed by atoms with Gasteiger partial charge in [0.15, 0.2) is 0 Å². The van der Waals surface area contributed by atoms with Gasteiger partial charge in [-0.25, -0.2) is 0 Å². The maximum atomic E-state index is 10.5. The number of carbonyl (C=O) groups is 1. The molecule has 4 heteroatoms. The minimum Gasteiger partial charge on any atom is -0.544 e. The molecule has 0 radical (unpaired) electrons. The van der Waals surface area contributed by atoms with Gasteiger partial charge in [-0.3, -0.25) is 4.79 Å². The van der Waals surface area contributed by atoms with E-state index in [2.05, 4.69) is 19.6 Å². The summed E-state index contributed by atoms with van der Waals surface area (Å²) in [4.78, 5) is 10.5. The smallest absolute Gasteiger partial charge is 0.303 e. The molecule has 0 fully saturated rings. The fraction of sp³-hybridized carbons (Fsp3) is 0.462. The Morgan fingerprint density at radius 1 is 1.29 bits per heavy atom. The normalized spacial score (nSPS) is 11.2. The van der Waals surface area contributed by atoms with Gasteiger partial charge in [-0.2, -0.15) is 0 Å². The van der Waals surface area contributed by atoms with E-state index >= 15 is 0 Å². The van der Waals surface area contributed by atoms with E-state index in [1.54, 1.807) is 0 Å². The summed E-state index contributed by atoms with van der Waals surface area (Å²) in [6, 6.07) is 7.90. The fourth-order valence-electron chi connectivity index (χ4n) is 1.57. The second-order valence-corrected chi connectivity index (χ2v) is 9.50. The number of para-hydroxylation sites is 1. The number of hydrogen-bond acceptors (Lipinski definition) is 2. The van der Waals surface area contributed by atoms with Crippen molar-refractivity contribution >= 4 is 14.3 Å². The van der Waals surface area contributed by atoms with Crippen molar-refractivity contribution in [3.63, 3.8) is 0 Å². The summed E-state index contributed by atoms with van der Waals surface area (Å²) in [6.45, 7) is 6.42. The van der Waals surface area contributed by atoms with Crippen LogP contribution < -0.4 is 4.43 Å². The van der Waals surface area contributed by atoms with E-state index in [1.807, 2.05) is 24.3 Å². The van der Waals surface area contributed by atoms with Crippen molar-refractivity contribution < 1.29 is 14.3 Å². The maximum absolute atomic E-state index is 10.5. The molecule has 0 bridgehead atoms. The quantitative estimate of drug-likeness (QED) is 0.790. The highest BCUT2D eigenvalue weighted by Crippen LogP contribution is 2.23. The van der Waals surface area contributed by atoms with Gasteiger partial charge >= 0.3 is 5.97 Å². The SMILES string of the molecule is C[Si](C)(C)Oc1ccccc1CCCC(=O)O. The molecule has 0 saturated heterocycles. The first-order chi connectivity index (χ1) is 7.88. The number of benzene rings is 1. The molecule has 0 saturated carbocycles. The molecule has 0 unspecified atom stereocenters. The first-order valence-corrected chi connectivity index (χ1v) is 9.28. The lowest BCUT2D eigenvalue weighted by atomic mass is 10.1. The van der Waals surface area contributed by atoms with Crippen LogP contribution >= 0.6 is 0 Å². The molecule has 3 nitrogen and oxygen atoms in total. The third kappa shape index (κ3) is 5.54. The summed E-state index contributed by atoms with van der Waals surface area (Å²) >= 11 is 0. The van der Waals surface area contributed by atoms with Gasteiger partial charge in [0, 0.05) is 6.42 Å². The number of hydrogen-bond donors (Lipinski definition) is 1. The van der Waals surface area contributed by atoms with Crippen molar-refractivity contribution in [2.24, 2.45) is 0 Å². The van der Waals surface area contributed by atoms with Crippen LogP contribution in [-0.4, -0.2) is 19.4 Å². The highest BCUT2D eigenvalue weighted by Gasteiger charge is 2.17. The second-order valence-electron chi connectivity index (χ2n) is 5.07. The minimum atomic E-state index is -1.61. The van der Waals surface area contributed by atoms with Crippen LogP contribution in [0.15, 0.2) is 24.3 Å². The zero-order valence-electron chi connectivity index (χ0n) is 10.7. The third-order valence-electron chi connectivity index (χ3n) is 2.23. The van der Waals surface area contributed by atoms with Gasteiger partial charge in [-0.1, -0.05) is 18.2 Å². The van der Waals surface area contributed by atoms with Crippen LogP contribution in [0.4, 0.5) is 0 Å². The highest BCUT2D eigenvalue weighted by molar-refractivity contribution is 6.70. The van der Waals surface area contributed by atoms with Crippen LogP contribution in [0.1, 0.15) is 18.4 Å². The first-order valence-electron chi connectivity index (χ1n) is 5.87. The molecule has 17 heavy (non-hydrogen) atoms. The van der Waals surface area contributed by atoms with Gasteiger partial charge in [-0.05, 0) is 44.1 Å². The van der Waals surface area contributed by atoms with Gasteiger partial charge in [-0.15, -0.1) is 0 Å². The zero-order valence-corrected chi connectivity index (χ0v) is 11.7. The standard InChI is InChI=1S/C13H20O3Si/c1-17(2,3)16-12-9-5-4-7-11(12)8-6-10-13(14)15/h4-5,7,9H,6,8,10H2,1-3H3,(H,14,15). The zero-order chi connectivity index (χ0) is 12.9. The molecule has 0 aromatic heterocycles. The van der Waals surface area contributed by atoms with Crippen LogP contribution in [-0.2, 0) is 11.2 Å². The number of aryl methyl sites for hydroxylation is 1. The molecule has 0 heterocycles. The number of aliphatic carboxylic acids is 1. The van der Waals surface area contributed by atoms with E-state index in [4.69, 9.17) is 9.53 Å². The summed E-state index contributed by atoms with van der Waals surface area (Å²) in [5.41, 5.74) is 1.11. The summed E-state index contributed by atoms with van der Waals surface area (Å²) in [7, 11) is -1.61. The molecule has 0 aliphatic rings. The van der Waals surface area contributed by atoms with Crippen molar-refractivity contribution in [3.8, 4) is 5.75 Å². The molecular formula is C13H20O3Si. The monoisotopic (exact) mass is 252 g/mol. The van der Waals surface area contributed by atoms with Gasteiger partial charge in [0.05, 0.1) is 0 Å². The molecule has 1 rings (SSSR count). The average Bonchev–Trinajstić information content (AvgIpc) is 2.17. The molecule has 1 aromatic carbocycles. The Balaban J connectivity index is 2.67. The lowest BCUT2D eigenvalue weighted by Crippen LogP contribution is -2.29. The lowest BCUT2D eigenvalue weighted by Gasteiger charge is -2.21. The average molecular weight is 252 g/mol. The molecule has 0 aliphatic carbocycles. The predicted octanol–water partition coefficient (Wildman–Crippen LogP) is 3.31. The third-order valence-corrected chi connectivity index (χ3v) is 3.06. The van der Waals surface area contributed by atoms with Gasteiger partial charge in [0.2, 0.25) is 8.32 Å². The van der Waals surface area contributed by atoms with Gasteiger partial charge < -0.3 is 9.53 Å². The molecule has 0 atom stereocenters. The lowest BCUT2D eigenvalue weighted by molar-refractivity contribution is -0.137. The Hall–Kier alpha value is -1.29. The second kappa shape index (κ2) is 5.86. The molecule has 1 N–H and O–H groups in total. The van der Waals surface area contributed by atoms with Crippen LogP contribution in [0.2, 0.25) is 19.6 Å². The van der Waals surface area contributed by atoms with E-state index in [9.17, 15) is 4.79 Å². The number of carboxylic acid groups (broad SMARTS) is 1. The van der Waals surface area contributed by atoms with Crippen LogP contribution in [0.25, 0.3) is 0 Å².